The number of nitrogens with zero attached hydrogens (tertiary/aromatic N) is 3. The fourth-order valence-electron chi connectivity index (χ4n) is 4.90. The summed E-state index contributed by atoms with van der Waals surface area (Å²) in [6.45, 7) is 7.56. The van der Waals surface area contributed by atoms with Crippen LogP contribution in [0.1, 0.15) is 42.6 Å². The van der Waals surface area contributed by atoms with E-state index in [9.17, 15) is 4.79 Å². The average molecular weight is 439 g/mol. The standard InChI is InChI=1S/C25H34N4O3/c1-18-15-19(2)28-24(27-18)29-12-4-5-20(16-29)23(30)26-17-25(10-13-32-14-11-25)21-6-8-22(31-3)9-7-21/h6-9,15,20H,4-5,10-14,16-17H2,1-3H3,(H,26,30)/t20-/m1/s1. The number of rotatable bonds is 6. The van der Waals surface area contributed by atoms with Crippen molar-refractivity contribution in [2.75, 3.05) is 44.9 Å². The Morgan fingerprint density at radius 3 is 2.53 bits per heavy atom. The van der Waals surface area contributed by atoms with Crippen LogP contribution in [-0.4, -0.2) is 55.8 Å². The van der Waals surface area contributed by atoms with Crippen LogP contribution in [0, 0.1) is 19.8 Å². The van der Waals surface area contributed by atoms with Gasteiger partial charge in [-0.3, -0.25) is 4.79 Å². The fraction of sp³-hybridized carbons (Fsp3) is 0.560. The summed E-state index contributed by atoms with van der Waals surface area (Å²) in [5, 5.41) is 3.29. The number of aromatic nitrogens is 2. The number of hydrogen-bond acceptors (Lipinski definition) is 6. The molecule has 0 bridgehead atoms. The highest BCUT2D eigenvalue weighted by atomic mass is 16.5. The molecule has 0 saturated carbocycles. The van der Waals surface area contributed by atoms with Crippen molar-refractivity contribution in [3.05, 3.63) is 47.3 Å². The smallest absolute Gasteiger partial charge is 0.225 e. The maximum atomic E-state index is 13.2. The predicted octanol–water partition coefficient (Wildman–Crippen LogP) is 3.18. The van der Waals surface area contributed by atoms with Crippen LogP contribution in [0.3, 0.4) is 0 Å². The molecule has 2 saturated heterocycles. The minimum atomic E-state index is -0.106. The molecule has 2 fully saturated rings. The molecule has 0 aliphatic carbocycles. The number of ether oxygens (including phenoxy) is 2. The van der Waals surface area contributed by atoms with E-state index in [2.05, 4.69) is 32.3 Å². The third-order valence-electron chi connectivity index (χ3n) is 6.80. The van der Waals surface area contributed by atoms with Crippen LogP contribution in [0.5, 0.6) is 5.75 Å². The van der Waals surface area contributed by atoms with Crippen LogP contribution >= 0.6 is 0 Å². The van der Waals surface area contributed by atoms with E-state index in [0.717, 1.165) is 55.3 Å². The van der Waals surface area contributed by atoms with Crippen molar-refractivity contribution >= 4 is 11.9 Å². The molecule has 172 valence electrons. The van der Waals surface area contributed by atoms with Crippen molar-refractivity contribution in [3.63, 3.8) is 0 Å². The fourth-order valence-corrected chi connectivity index (χ4v) is 4.90. The second kappa shape index (κ2) is 9.86. The number of hydrogen-bond donors (Lipinski definition) is 1. The van der Waals surface area contributed by atoms with Crippen LogP contribution in [0.15, 0.2) is 30.3 Å². The van der Waals surface area contributed by atoms with E-state index in [1.165, 1.54) is 5.56 Å². The molecular formula is C25H34N4O3. The number of aryl methyl sites for hydroxylation is 2. The van der Waals surface area contributed by atoms with Crippen LogP contribution in [0.2, 0.25) is 0 Å². The minimum absolute atomic E-state index is 0.0547. The molecule has 1 amide bonds. The molecule has 0 radical (unpaired) electrons. The Hall–Kier alpha value is -2.67. The van der Waals surface area contributed by atoms with Gasteiger partial charge in [0.1, 0.15) is 5.75 Å². The predicted molar refractivity (Wildman–Crippen MR) is 124 cm³/mol. The first-order valence-corrected chi connectivity index (χ1v) is 11.6. The minimum Gasteiger partial charge on any atom is -0.497 e. The quantitative estimate of drug-likeness (QED) is 0.747. The molecule has 1 aromatic heterocycles. The lowest BCUT2D eigenvalue weighted by Crippen LogP contribution is -2.49. The van der Waals surface area contributed by atoms with E-state index in [4.69, 9.17) is 9.47 Å². The van der Waals surface area contributed by atoms with Gasteiger partial charge in [0.05, 0.1) is 13.0 Å². The van der Waals surface area contributed by atoms with Crippen molar-refractivity contribution in [1.82, 2.24) is 15.3 Å². The number of amides is 1. The van der Waals surface area contributed by atoms with Gasteiger partial charge in [0.25, 0.3) is 0 Å². The van der Waals surface area contributed by atoms with E-state index in [1.54, 1.807) is 7.11 Å². The first-order valence-electron chi connectivity index (χ1n) is 11.6. The zero-order valence-corrected chi connectivity index (χ0v) is 19.4. The van der Waals surface area contributed by atoms with Gasteiger partial charge < -0.3 is 19.7 Å². The Balaban J connectivity index is 1.43. The Morgan fingerprint density at radius 1 is 1.19 bits per heavy atom. The van der Waals surface area contributed by atoms with Gasteiger partial charge in [0, 0.05) is 49.7 Å². The lowest BCUT2D eigenvalue weighted by Gasteiger charge is -2.39. The zero-order valence-electron chi connectivity index (χ0n) is 19.4. The van der Waals surface area contributed by atoms with E-state index in [1.807, 2.05) is 32.0 Å². The molecule has 32 heavy (non-hydrogen) atoms. The molecule has 2 aromatic rings. The number of benzene rings is 1. The van der Waals surface area contributed by atoms with Gasteiger partial charge in [0.2, 0.25) is 11.9 Å². The molecule has 1 atom stereocenters. The van der Waals surface area contributed by atoms with Gasteiger partial charge in [0.15, 0.2) is 0 Å². The number of piperidine rings is 1. The summed E-state index contributed by atoms with van der Waals surface area (Å²) in [5.74, 6) is 1.65. The third-order valence-corrected chi connectivity index (χ3v) is 6.80. The Bertz CT molecular complexity index is 905. The van der Waals surface area contributed by atoms with Crippen LogP contribution in [0.25, 0.3) is 0 Å². The highest BCUT2D eigenvalue weighted by Gasteiger charge is 2.36. The monoisotopic (exact) mass is 438 g/mol. The molecule has 7 heteroatoms. The molecule has 2 aliphatic heterocycles. The SMILES string of the molecule is COc1ccc(C2(CNC(=O)[C@@H]3CCCN(c4nc(C)cc(C)n4)C3)CCOCC2)cc1. The van der Waals surface area contributed by atoms with Gasteiger partial charge in [-0.15, -0.1) is 0 Å². The summed E-state index contributed by atoms with van der Waals surface area (Å²) in [5.41, 5.74) is 3.04. The third kappa shape index (κ3) is 5.04. The highest BCUT2D eigenvalue weighted by Crippen LogP contribution is 2.35. The summed E-state index contributed by atoms with van der Waals surface area (Å²) < 4.78 is 11.0. The van der Waals surface area contributed by atoms with Crippen LogP contribution in [0.4, 0.5) is 5.95 Å². The topological polar surface area (TPSA) is 76.6 Å². The molecule has 2 aliphatic rings. The highest BCUT2D eigenvalue weighted by molar-refractivity contribution is 5.79. The molecule has 3 heterocycles. The number of methoxy groups -OCH3 is 1. The van der Waals surface area contributed by atoms with Crippen LogP contribution < -0.4 is 15.0 Å². The lowest BCUT2D eigenvalue weighted by molar-refractivity contribution is -0.125. The van der Waals surface area contributed by atoms with Crippen molar-refractivity contribution < 1.29 is 14.3 Å². The van der Waals surface area contributed by atoms with Crippen molar-refractivity contribution in [1.29, 1.82) is 0 Å². The molecule has 4 rings (SSSR count). The Morgan fingerprint density at radius 2 is 1.88 bits per heavy atom. The Kier molecular flexibility index (Phi) is 6.94. The summed E-state index contributed by atoms with van der Waals surface area (Å²) in [7, 11) is 1.68. The van der Waals surface area contributed by atoms with Gasteiger partial charge in [-0.2, -0.15) is 0 Å². The summed E-state index contributed by atoms with van der Waals surface area (Å²) in [4.78, 5) is 24.5. The molecule has 0 unspecified atom stereocenters. The van der Waals surface area contributed by atoms with Gasteiger partial charge in [-0.1, -0.05) is 12.1 Å². The molecule has 1 N–H and O–H groups in total. The van der Waals surface area contributed by atoms with E-state index in [-0.39, 0.29) is 17.2 Å². The van der Waals surface area contributed by atoms with E-state index in [0.29, 0.717) is 26.3 Å². The summed E-state index contributed by atoms with van der Waals surface area (Å²) in [6, 6.07) is 10.2. The van der Waals surface area contributed by atoms with Crippen molar-refractivity contribution in [3.8, 4) is 5.75 Å². The number of nitrogens with one attached hydrogen (secondary N) is 1. The first-order chi connectivity index (χ1) is 15.5. The van der Waals surface area contributed by atoms with E-state index >= 15 is 0 Å². The molecular weight excluding hydrogens is 404 g/mol. The molecule has 1 aromatic carbocycles. The normalized spacial score (nSPS) is 20.6. The molecule has 0 spiro atoms. The number of carbonyl (C=O) groups excluding carboxylic acids is 1. The number of anilines is 1. The van der Waals surface area contributed by atoms with E-state index < -0.39 is 0 Å². The largest absolute Gasteiger partial charge is 0.497 e. The second-order valence-corrected chi connectivity index (χ2v) is 9.07. The maximum absolute atomic E-state index is 13.2. The Labute approximate surface area is 190 Å². The lowest BCUT2D eigenvalue weighted by atomic mass is 9.74. The van der Waals surface area contributed by atoms with Gasteiger partial charge in [-0.05, 0) is 63.3 Å². The summed E-state index contributed by atoms with van der Waals surface area (Å²) in [6.07, 6.45) is 3.65. The second-order valence-electron chi connectivity index (χ2n) is 9.07. The van der Waals surface area contributed by atoms with Crippen LogP contribution in [-0.2, 0) is 14.9 Å². The first kappa shape index (κ1) is 22.5. The molecule has 7 nitrogen and oxygen atoms in total. The van der Waals surface area contributed by atoms with Crippen molar-refractivity contribution in [2.45, 2.75) is 44.9 Å². The average Bonchev–Trinajstić information content (AvgIpc) is 2.82. The summed E-state index contributed by atoms with van der Waals surface area (Å²) >= 11 is 0. The van der Waals surface area contributed by atoms with Gasteiger partial charge in [-0.25, -0.2) is 9.97 Å². The zero-order chi connectivity index (χ0) is 22.6. The van der Waals surface area contributed by atoms with Gasteiger partial charge >= 0.3 is 0 Å². The number of carbonyl (C=O) groups is 1. The maximum Gasteiger partial charge on any atom is 0.225 e. The van der Waals surface area contributed by atoms with Crippen molar-refractivity contribution in [2.24, 2.45) is 5.92 Å².